The van der Waals surface area contributed by atoms with Crippen molar-refractivity contribution in [3.8, 4) is 0 Å². The SMILES string of the molecule is O=C(OC1(CCc2ccccc2F)NC(c2ccccc2)C(c2ccccc2)N1)C(F)(F)F. The van der Waals surface area contributed by atoms with Crippen LogP contribution in [0.5, 0.6) is 0 Å². The summed E-state index contributed by atoms with van der Waals surface area (Å²) >= 11 is 0. The second-order valence-electron chi connectivity index (χ2n) is 7.87. The van der Waals surface area contributed by atoms with Crippen molar-refractivity contribution >= 4 is 5.97 Å². The molecular formula is C25H22F4N2O2. The molecule has 0 amide bonds. The standard InChI is InChI=1S/C25H22F4N2O2/c26-20-14-8-7-9-17(20)15-16-24(33-23(32)25(27,28)29)30-21(18-10-3-1-4-11-18)22(31-24)19-12-5-2-6-13-19/h1-14,21-22,30-31H,15-16H2. The molecule has 3 aromatic rings. The maximum atomic E-state index is 14.2. The van der Waals surface area contributed by atoms with Crippen LogP contribution in [0.4, 0.5) is 17.6 Å². The number of hydrogen-bond acceptors (Lipinski definition) is 4. The summed E-state index contributed by atoms with van der Waals surface area (Å²) in [6.45, 7) is 0. The number of ether oxygens (including phenoxy) is 1. The Morgan fingerprint density at radius 1 is 0.818 bits per heavy atom. The number of hydrogen-bond donors (Lipinski definition) is 2. The monoisotopic (exact) mass is 458 g/mol. The van der Waals surface area contributed by atoms with Gasteiger partial charge in [-0.1, -0.05) is 78.9 Å². The van der Waals surface area contributed by atoms with Crippen LogP contribution >= 0.6 is 0 Å². The van der Waals surface area contributed by atoms with Gasteiger partial charge in [-0.25, -0.2) is 9.18 Å². The maximum Gasteiger partial charge on any atom is 0.491 e. The molecule has 3 aromatic carbocycles. The molecule has 33 heavy (non-hydrogen) atoms. The van der Waals surface area contributed by atoms with E-state index in [9.17, 15) is 22.4 Å². The minimum absolute atomic E-state index is 0.0425. The fourth-order valence-corrected chi connectivity index (χ4v) is 4.07. The van der Waals surface area contributed by atoms with Crippen molar-refractivity contribution in [3.05, 3.63) is 107 Å². The van der Waals surface area contributed by atoms with Crippen LogP contribution in [-0.4, -0.2) is 18.0 Å². The number of aryl methyl sites for hydroxylation is 1. The first-order valence-electron chi connectivity index (χ1n) is 10.5. The number of carbonyl (C=O) groups excluding carboxylic acids is 1. The average Bonchev–Trinajstić information content (AvgIpc) is 3.19. The fourth-order valence-electron chi connectivity index (χ4n) is 4.07. The van der Waals surface area contributed by atoms with E-state index in [0.29, 0.717) is 5.56 Å². The van der Waals surface area contributed by atoms with Gasteiger partial charge < -0.3 is 4.74 Å². The number of esters is 1. The number of benzene rings is 3. The van der Waals surface area contributed by atoms with Gasteiger partial charge in [-0.3, -0.25) is 10.6 Å². The van der Waals surface area contributed by atoms with Crippen molar-refractivity contribution in [2.24, 2.45) is 0 Å². The Labute approximate surface area is 188 Å². The molecule has 2 unspecified atom stereocenters. The molecule has 0 aliphatic carbocycles. The van der Waals surface area contributed by atoms with Crippen molar-refractivity contribution in [3.63, 3.8) is 0 Å². The van der Waals surface area contributed by atoms with E-state index in [1.165, 1.54) is 12.1 Å². The van der Waals surface area contributed by atoms with Gasteiger partial charge in [0.05, 0.1) is 12.1 Å². The molecule has 4 nitrogen and oxygen atoms in total. The van der Waals surface area contributed by atoms with Gasteiger partial charge in [0.1, 0.15) is 5.82 Å². The second kappa shape index (κ2) is 9.33. The van der Waals surface area contributed by atoms with Crippen LogP contribution in [0.2, 0.25) is 0 Å². The Kier molecular flexibility index (Phi) is 6.49. The molecular weight excluding hydrogens is 436 g/mol. The molecule has 172 valence electrons. The summed E-state index contributed by atoms with van der Waals surface area (Å²) in [5, 5.41) is 6.17. The molecule has 0 saturated carbocycles. The minimum Gasteiger partial charge on any atom is -0.424 e. The van der Waals surface area contributed by atoms with Crippen LogP contribution in [0, 0.1) is 5.82 Å². The highest BCUT2D eigenvalue weighted by molar-refractivity contribution is 5.76. The number of nitrogens with one attached hydrogen (secondary N) is 2. The summed E-state index contributed by atoms with van der Waals surface area (Å²) < 4.78 is 58.7. The minimum atomic E-state index is -5.18. The van der Waals surface area contributed by atoms with Crippen molar-refractivity contribution in [2.75, 3.05) is 0 Å². The highest BCUT2D eigenvalue weighted by Gasteiger charge is 2.52. The molecule has 0 radical (unpaired) electrons. The van der Waals surface area contributed by atoms with Crippen molar-refractivity contribution in [1.29, 1.82) is 0 Å². The quantitative estimate of drug-likeness (QED) is 0.394. The van der Waals surface area contributed by atoms with Crippen molar-refractivity contribution in [1.82, 2.24) is 10.6 Å². The van der Waals surface area contributed by atoms with E-state index >= 15 is 0 Å². The molecule has 4 rings (SSSR count). The zero-order chi connectivity index (χ0) is 23.5. The topological polar surface area (TPSA) is 50.4 Å². The predicted octanol–water partition coefficient (Wildman–Crippen LogP) is 5.19. The molecule has 1 heterocycles. The Morgan fingerprint density at radius 2 is 1.30 bits per heavy atom. The van der Waals surface area contributed by atoms with Crippen LogP contribution in [0.1, 0.15) is 35.2 Å². The molecule has 1 aliphatic rings. The third-order valence-electron chi connectivity index (χ3n) is 5.63. The lowest BCUT2D eigenvalue weighted by Crippen LogP contribution is -2.55. The molecule has 0 bridgehead atoms. The first-order valence-corrected chi connectivity index (χ1v) is 10.5. The van der Waals surface area contributed by atoms with Crippen LogP contribution in [0.15, 0.2) is 84.9 Å². The Morgan fingerprint density at radius 3 is 1.79 bits per heavy atom. The third-order valence-corrected chi connectivity index (χ3v) is 5.63. The van der Waals surface area contributed by atoms with Gasteiger partial charge in [-0.05, 0) is 29.2 Å². The molecule has 1 aliphatic heterocycles. The molecule has 0 spiro atoms. The van der Waals surface area contributed by atoms with Crippen LogP contribution in [-0.2, 0) is 16.0 Å². The van der Waals surface area contributed by atoms with E-state index in [4.69, 9.17) is 4.74 Å². The van der Waals surface area contributed by atoms with Crippen molar-refractivity contribution < 1.29 is 27.1 Å². The third kappa shape index (κ3) is 5.23. The Balaban J connectivity index is 1.71. The summed E-state index contributed by atoms with van der Waals surface area (Å²) in [7, 11) is 0. The van der Waals surface area contributed by atoms with Gasteiger partial charge >= 0.3 is 12.1 Å². The number of halogens is 4. The first kappa shape index (κ1) is 22.9. The second-order valence-corrected chi connectivity index (χ2v) is 7.87. The molecule has 1 saturated heterocycles. The summed E-state index contributed by atoms with van der Waals surface area (Å²) in [4.78, 5) is 11.9. The van der Waals surface area contributed by atoms with E-state index < -0.39 is 35.9 Å². The number of carbonyl (C=O) groups is 1. The van der Waals surface area contributed by atoms with E-state index in [-0.39, 0.29) is 12.8 Å². The Hall–Kier alpha value is -3.23. The lowest BCUT2D eigenvalue weighted by atomic mass is 9.95. The zero-order valence-corrected chi connectivity index (χ0v) is 17.5. The lowest BCUT2D eigenvalue weighted by molar-refractivity contribution is -0.219. The van der Waals surface area contributed by atoms with Gasteiger partial charge in [0.15, 0.2) is 0 Å². The van der Waals surface area contributed by atoms with Gasteiger partial charge in [-0.2, -0.15) is 13.2 Å². The van der Waals surface area contributed by atoms with Crippen LogP contribution in [0.3, 0.4) is 0 Å². The highest BCUT2D eigenvalue weighted by atomic mass is 19.4. The normalized spacial score (nSPS) is 22.8. The Bertz CT molecular complexity index is 1040. The van der Waals surface area contributed by atoms with E-state index in [1.807, 2.05) is 60.7 Å². The number of alkyl halides is 3. The van der Waals surface area contributed by atoms with E-state index in [1.54, 1.807) is 12.1 Å². The zero-order valence-electron chi connectivity index (χ0n) is 17.5. The lowest BCUT2D eigenvalue weighted by Gasteiger charge is -2.31. The molecule has 8 heteroatoms. The smallest absolute Gasteiger partial charge is 0.424 e. The highest BCUT2D eigenvalue weighted by Crippen LogP contribution is 2.40. The number of rotatable bonds is 6. The largest absolute Gasteiger partial charge is 0.491 e. The molecule has 2 N–H and O–H groups in total. The summed E-state index contributed by atoms with van der Waals surface area (Å²) in [6, 6.07) is 23.3. The summed E-state index contributed by atoms with van der Waals surface area (Å²) in [5.74, 6) is -4.67. The van der Waals surface area contributed by atoms with Gasteiger partial charge in [-0.15, -0.1) is 0 Å². The molecule has 2 atom stereocenters. The van der Waals surface area contributed by atoms with E-state index in [0.717, 1.165) is 11.1 Å². The fraction of sp³-hybridized carbons (Fsp3) is 0.240. The van der Waals surface area contributed by atoms with Gasteiger partial charge in [0.25, 0.3) is 0 Å². The molecule has 0 aromatic heterocycles. The molecule has 1 fully saturated rings. The van der Waals surface area contributed by atoms with Crippen molar-refractivity contribution in [2.45, 2.75) is 37.0 Å². The summed E-state index contributed by atoms with van der Waals surface area (Å²) in [5.41, 5.74) is 1.91. The average molecular weight is 458 g/mol. The summed E-state index contributed by atoms with van der Waals surface area (Å²) in [6.07, 6.45) is -5.26. The first-order chi connectivity index (χ1) is 15.8. The van der Waals surface area contributed by atoms with Gasteiger partial charge in [0, 0.05) is 6.42 Å². The van der Waals surface area contributed by atoms with Crippen LogP contribution in [0.25, 0.3) is 0 Å². The maximum absolute atomic E-state index is 14.2. The van der Waals surface area contributed by atoms with E-state index in [2.05, 4.69) is 10.6 Å². The van der Waals surface area contributed by atoms with Gasteiger partial charge in [0.2, 0.25) is 5.85 Å². The van der Waals surface area contributed by atoms with Crippen LogP contribution < -0.4 is 10.6 Å². The predicted molar refractivity (Wildman–Crippen MR) is 114 cm³/mol.